The summed E-state index contributed by atoms with van der Waals surface area (Å²) in [6.45, 7) is 2.97. The van der Waals surface area contributed by atoms with Crippen LogP contribution in [0.3, 0.4) is 0 Å². The number of hydrogen-bond donors (Lipinski definition) is 2. The van der Waals surface area contributed by atoms with Gasteiger partial charge in [-0.15, -0.1) is 12.4 Å². The summed E-state index contributed by atoms with van der Waals surface area (Å²) in [7, 11) is 0. The van der Waals surface area contributed by atoms with Crippen LogP contribution in [0.15, 0.2) is 18.2 Å². The van der Waals surface area contributed by atoms with Crippen LogP contribution in [-0.2, 0) is 11.3 Å². The highest BCUT2D eigenvalue weighted by Gasteiger charge is 2.17. The van der Waals surface area contributed by atoms with Crippen molar-refractivity contribution >= 4 is 35.8 Å². The first-order valence-corrected chi connectivity index (χ1v) is 8.04. The van der Waals surface area contributed by atoms with E-state index >= 15 is 0 Å². The van der Waals surface area contributed by atoms with Gasteiger partial charge >= 0.3 is 0 Å². The number of hydrogen-bond acceptors (Lipinski definition) is 5. The molecule has 22 heavy (non-hydrogen) atoms. The van der Waals surface area contributed by atoms with Gasteiger partial charge in [0.15, 0.2) is 0 Å². The van der Waals surface area contributed by atoms with Crippen LogP contribution < -0.4 is 10.6 Å². The predicted molar refractivity (Wildman–Crippen MR) is 90.7 cm³/mol. The summed E-state index contributed by atoms with van der Waals surface area (Å²) in [4.78, 5) is 22.4. The predicted octanol–water partition coefficient (Wildman–Crippen LogP) is 2.04. The van der Waals surface area contributed by atoms with Crippen molar-refractivity contribution in [1.82, 2.24) is 10.6 Å². The second-order valence-corrected chi connectivity index (χ2v) is 6.18. The molecule has 0 radical (unpaired) electrons. The molecule has 1 aliphatic rings. The van der Waals surface area contributed by atoms with Gasteiger partial charge in [0, 0.05) is 48.7 Å². The summed E-state index contributed by atoms with van der Waals surface area (Å²) >= 11 is 1.85. The van der Waals surface area contributed by atoms with Gasteiger partial charge in [-0.25, -0.2) is 0 Å². The quantitative estimate of drug-likeness (QED) is 0.630. The number of amides is 1. The van der Waals surface area contributed by atoms with E-state index in [9.17, 15) is 14.9 Å². The van der Waals surface area contributed by atoms with Crippen molar-refractivity contribution in [2.24, 2.45) is 0 Å². The van der Waals surface area contributed by atoms with E-state index in [0.29, 0.717) is 18.5 Å². The SMILES string of the molecule is Cc1c(CNC(=O)CC2CSCCN2)cccc1[N+](=O)[O-].Cl. The van der Waals surface area contributed by atoms with E-state index < -0.39 is 4.92 Å². The number of nitrogens with one attached hydrogen (secondary N) is 2. The molecular weight excluding hydrogens is 326 g/mol. The van der Waals surface area contributed by atoms with Gasteiger partial charge < -0.3 is 10.6 Å². The Morgan fingerprint density at radius 2 is 2.32 bits per heavy atom. The number of carbonyl (C=O) groups is 1. The number of nitro groups is 1. The molecule has 1 heterocycles. The normalized spacial score (nSPS) is 17.4. The molecule has 0 aliphatic carbocycles. The highest BCUT2D eigenvalue weighted by Crippen LogP contribution is 2.20. The van der Waals surface area contributed by atoms with Crippen LogP contribution in [0.5, 0.6) is 0 Å². The zero-order valence-corrected chi connectivity index (χ0v) is 14.0. The molecule has 0 aromatic heterocycles. The molecule has 122 valence electrons. The van der Waals surface area contributed by atoms with E-state index in [0.717, 1.165) is 23.6 Å². The molecule has 1 aromatic carbocycles. The highest BCUT2D eigenvalue weighted by atomic mass is 35.5. The molecular formula is C14H20ClN3O3S. The third-order valence-corrected chi connectivity index (χ3v) is 4.65. The monoisotopic (exact) mass is 345 g/mol. The van der Waals surface area contributed by atoms with Crippen LogP contribution in [0.25, 0.3) is 0 Å². The molecule has 1 fully saturated rings. The van der Waals surface area contributed by atoms with Crippen molar-refractivity contribution in [3.63, 3.8) is 0 Å². The molecule has 1 amide bonds. The first-order valence-electron chi connectivity index (χ1n) is 6.88. The molecule has 0 bridgehead atoms. The van der Waals surface area contributed by atoms with Crippen molar-refractivity contribution in [3.05, 3.63) is 39.4 Å². The Labute approximate surface area is 140 Å². The topological polar surface area (TPSA) is 84.3 Å². The van der Waals surface area contributed by atoms with E-state index in [1.807, 2.05) is 11.8 Å². The number of halogens is 1. The highest BCUT2D eigenvalue weighted by molar-refractivity contribution is 7.99. The Kier molecular flexibility index (Phi) is 7.64. The van der Waals surface area contributed by atoms with Crippen molar-refractivity contribution in [3.8, 4) is 0 Å². The fraction of sp³-hybridized carbons (Fsp3) is 0.500. The molecule has 2 N–H and O–H groups in total. The summed E-state index contributed by atoms with van der Waals surface area (Å²) in [5, 5.41) is 17.0. The molecule has 1 aromatic rings. The van der Waals surface area contributed by atoms with E-state index in [4.69, 9.17) is 0 Å². The lowest BCUT2D eigenvalue weighted by Crippen LogP contribution is -2.41. The molecule has 2 rings (SSSR count). The van der Waals surface area contributed by atoms with Gasteiger partial charge in [-0.2, -0.15) is 11.8 Å². The third-order valence-electron chi connectivity index (χ3n) is 3.52. The molecule has 1 atom stereocenters. The van der Waals surface area contributed by atoms with E-state index in [-0.39, 0.29) is 30.0 Å². The largest absolute Gasteiger partial charge is 0.352 e. The van der Waals surface area contributed by atoms with Gasteiger partial charge in [0.25, 0.3) is 5.69 Å². The standard InChI is InChI=1S/C14H19N3O3S.ClH/c1-10-11(3-2-4-13(10)17(19)20)8-16-14(18)7-12-9-21-6-5-15-12;/h2-4,12,15H,5-9H2,1H3,(H,16,18);1H. The lowest BCUT2D eigenvalue weighted by molar-refractivity contribution is -0.385. The van der Waals surface area contributed by atoms with E-state index in [2.05, 4.69) is 10.6 Å². The van der Waals surface area contributed by atoms with Crippen molar-refractivity contribution in [2.45, 2.75) is 25.9 Å². The lowest BCUT2D eigenvalue weighted by Gasteiger charge is -2.22. The average molecular weight is 346 g/mol. The lowest BCUT2D eigenvalue weighted by atomic mass is 10.1. The van der Waals surface area contributed by atoms with Crippen LogP contribution in [-0.4, -0.2) is 34.9 Å². The Bertz CT molecular complexity index is 536. The minimum absolute atomic E-state index is 0. The zero-order chi connectivity index (χ0) is 15.2. The third kappa shape index (κ3) is 5.15. The number of rotatable bonds is 5. The van der Waals surface area contributed by atoms with Crippen molar-refractivity contribution in [1.29, 1.82) is 0 Å². The van der Waals surface area contributed by atoms with Gasteiger partial charge in [0.05, 0.1) is 4.92 Å². The fourth-order valence-electron chi connectivity index (χ4n) is 2.30. The van der Waals surface area contributed by atoms with E-state index in [1.54, 1.807) is 19.1 Å². The minimum atomic E-state index is -0.399. The summed E-state index contributed by atoms with van der Waals surface area (Å²) < 4.78 is 0. The first-order chi connectivity index (χ1) is 10.1. The summed E-state index contributed by atoms with van der Waals surface area (Å²) in [5.74, 6) is 2.01. The van der Waals surface area contributed by atoms with Gasteiger partial charge in [-0.3, -0.25) is 14.9 Å². The number of carbonyl (C=O) groups excluding carboxylic acids is 1. The molecule has 6 nitrogen and oxygen atoms in total. The first kappa shape index (κ1) is 18.7. The van der Waals surface area contributed by atoms with Crippen LogP contribution in [0, 0.1) is 17.0 Å². The number of nitro benzene ring substituents is 1. The Hall–Kier alpha value is -1.31. The molecule has 1 aliphatic heterocycles. The van der Waals surface area contributed by atoms with Gasteiger partial charge in [-0.05, 0) is 12.5 Å². The number of benzene rings is 1. The zero-order valence-electron chi connectivity index (χ0n) is 12.3. The fourth-order valence-corrected chi connectivity index (χ4v) is 3.25. The Balaban J connectivity index is 0.00000242. The molecule has 0 spiro atoms. The maximum absolute atomic E-state index is 11.9. The number of thioether (sulfide) groups is 1. The van der Waals surface area contributed by atoms with Gasteiger partial charge in [0.2, 0.25) is 5.91 Å². The Morgan fingerprint density at radius 3 is 2.95 bits per heavy atom. The van der Waals surface area contributed by atoms with Crippen molar-refractivity contribution in [2.75, 3.05) is 18.1 Å². The van der Waals surface area contributed by atoms with Gasteiger partial charge in [-0.1, -0.05) is 12.1 Å². The van der Waals surface area contributed by atoms with Crippen LogP contribution in [0.1, 0.15) is 17.5 Å². The van der Waals surface area contributed by atoms with E-state index in [1.165, 1.54) is 6.07 Å². The summed E-state index contributed by atoms with van der Waals surface area (Å²) in [5.41, 5.74) is 1.48. The second-order valence-electron chi connectivity index (χ2n) is 5.03. The van der Waals surface area contributed by atoms with Crippen molar-refractivity contribution < 1.29 is 9.72 Å². The Morgan fingerprint density at radius 1 is 1.55 bits per heavy atom. The average Bonchev–Trinajstić information content (AvgIpc) is 2.47. The van der Waals surface area contributed by atoms with Crippen LogP contribution in [0.2, 0.25) is 0 Å². The van der Waals surface area contributed by atoms with Gasteiger partial charge in [0.1, 0.15) is 0 Å². The second kappa shape index (κ2) is 8.97. The molecule has 8 heteroatoms. The number of nitrogens with zero attached hydrogens (tertiary/aromatic N) is 1. The maximum atomic E-state index is 11.9. The maximum Gasteiger partial charge on any atom is 0.272 e. The van der Waals surface area contributed by atoms with Crippen LogP contribution in [0.4, 0.5) is 5.69 Å². The minimum Gasteiger partial charge on any atom is -0.352 e. The van der Waals surface area contributed by atoms with Crippen LogP contribution >= 0.6 is 24.2 Å². The molecule has 0 saturated carbocycles. The molecule has 1 unspecified atom stereocenters. The summed E-state index contributed by atoms with van der Waals surface area (Å²) in [6, 6.07) is 5.14. The smallest absolute Gasteiger partial charge is 0.272 e. The summed E-state index contributed by atoms with van der Waals surface area (Å²) in [6.07, 6.45) is 0.445. The molecule has 1 saturated heterocycles.